The number of hydrogen-bond acceptors (Lipinski definition) is 3. The van der Waals surface area contributed by atoms with E-state index < -0.39 is 0 Å². The standard InChI is InChI=1S/C15H12ClNO2/c1-18-14-5-9-8-17-13-4-3-10(16)6-12(13)11(9)7-15(14)19-2/h3-8H,1-2H3. The maximum absolute atomic E-state index is 6.07. The Morgan fingerprint density at radius 1 is 0.947 bits per heavy atom. The van der Waals surface area contributed by atoms with E-state index in [2.05, 4.69) is 4.98 Å². The van der Waals surface area contributed by atoms with Crippen molar-refractivity contribution < 1.29 is 9.47 Å². The number of halogens is 1. The van der Waals surface area contributed by atoms with Gasteiger partial charge in [-0.05, 0) is 35.7 Å². The molecule has 0 aliphatic rings. The van der Waals surface area contributed by atoms with E-state index in [4.69, 9.17) is 21.1 Å². The number of ether oxygens (including phenoxy) is 2. The van der Waals surface area contributed by atoms with Gasteiger partial charge < -0.3 is 9.47 Å². The fraction of sp³-hybridized carbons (Fsp3) is 0.133. The molecule has 0 spiro atoms. The predicted octanol–water partition coefficient (Wildman–Crippen LogP) is 4.06. The average molecular weight is 274 g/mol. The van der Waals surface area contributed by atoms with Crippen molar-refractivity contribution in [3.63, 3.8) is 0 Å². The lowest BCUT2D eigenvalue weighted by Gasteiger charge is -2.10. The topological polar surface area (TPSA) is 31.4 Å². The van der Waals surface area contributed by atoms with Crippen molar-refractivity contribution in [2.75, 3.05) is 14.2 Å². The number of fused-ring (bicyclic) bond motifs is 3. The van der Waals surface area contributed by atoms with E-state index >= 15 is 0 Å². The van der Waals surface area contributed by atoms with E-state index in [1.807, 2.05) is 36.5 Å². The minimum Gasteiger partial charge on any atom is -0.493 e. The first-order valence-corrected chi connectivity index (χ1v) is 6.20. The molecule has 1 heterocycles. The molecule has 0 amide bonds. The van der Waals surface area contributed by atoms with Crippen LogP contribution in [0, 0.1) is 0 Å². The molecule has 2 aromatic carbocycles. The lowest BCUT2D eigenvalue weighted by Crippen LogP contribution is -1.91. The molecule has 0 atom stereocenters. The molecular formula is C15H12ClNO2. The average Bonchev–Trinajstić information content (AvgIpc) is 2.45. The summed E-state index contributed by atoms with van der Waals surface area (Å²) in [5.74, 6) is 1.39. The smallest absolute Gasteiger partial charge is 0.161 e. The highest BCUT2D eigenvalue weighted by atomic mass is 35.5. The Kier molecular flexibility index (Phi) is 2.91. The number of methoxy groups -OCH3 is 2. The Hall–Kier alpha value is -2.00. The fourth-order valence-electron chi connectivity index (χ4n) is 2.21. The summed E-state index contributed by atoms with van der Waals surface area (Å²) in [4.78, 5) is 4.43. The molecule has 19 heavy (non-hydrogen) atoms. The van der Waals surface area contributed by atoms with E-state index in [1.54, 1.807) is 14.2 Å². The number of aromatic nitrogens is 1. The third-order valence-corrected chi connectivity index (χ3v) is 3.38. The lowest BCUT2D eigenvalue weighted by atomic mass is 10.1. The molecule has 0 N–H and O–H groups in total. The third kappa shape index (κ3) is 1.96. The van der Waals surface area contributed by atoms with E-state index in [0.29, 0.717) is 16.5 Å². The first-order chi connectivity index (χ1) is 9.22. The number of hydrogen-bond donors (Lipinski definition) is 0. The molecule has 0 radical (unpaired) electrons. The molecule has 1 aromatic heterocycles. The molecule has 0 saturated heterocycles. The van der Waals surface area contributed by atoms with Crippen LogP contribution in [0.5, 0.6) is 11.5 Å². The second kappa shape index (κ2) is 4.59. The first kappa shape index (κ1) is 12.1. The largest absolute Gasteiger partial charge is 0.493 e. The van der Waals surface area contributed by atoms with Crippen LogP contribution in [0.2, 0.25) is 5.02 Å². The van der Waals surface area contributed by atoms with Crippen molar-refractivity contribution >= 4 is 33.3 Å². The summed E-state index contributed by atoms with van der Waals surface area (Å²) in [7, 11) is 3.25. The molecule has 0 aliphatic carbocycles. The Balaban J connectivity index is 2.43. The number of pyridine rings is 1. The van der Waals surface area contributed by atoms with Crippen LogP contribution in [0.4, 0.5) is 0 Å². The SMILES string of the molecule is COc1cc2cnc3ccc(Cl)cc3c2cc1OC. The monoisotopic (exact) mass is 273 g/mol. The number of nitrogens with zero attached hydrogens (tertiary/aromatic N) is 1. The van der Waals surface area contributed by atoms with Gasteiger partial charge in [0.2, 0.25) is 0 Å². The zero-order chi connectivity index (χ0) is 13.4. The van der Waals surface area contributed by atoms with Gasteiger partial charge in [-0.15, -0.1) is 0 Å². The van der Waals surface area contributed by atoms with Gasteiger partial charge in [-0.25, -0.2) is 0 Å². The van der Waals surface area contributed by atoms with Crippen LogP contribution < -0.4 is 9.47 Å². The maximum Gasteiger partial charge on any atom is 0.161 e. The first-order valence-electron chi connectivity index (χ1n) is 5.83. The Labute approximate surface area is 115 Å². The number of rotatable bonds is 2. The van der Waals surface area contributed by atoms with E-state index in [-0.39, 0.29) is 0 Å². The lowest BCUT2D eigenvalue weighted by molar-refractivity contribution is 0.356. The number of benzene rings is 2. The zero-order valence-electron chi connectivity index (χ0n) is 10.6. The molecule has 96 valence electrons. The minimum atomic E-state index is 0.691. The predicted molar refractivity (Wildman–Crippen MR) is 77.4 cm³/mol. The van der Waals surface area contributed by atoms with Crippen LogP contribution in [0.15, 0.2) is 36.5 Å². The molecule has 3 aromatic rings. The molecule has 3 rings (SSSR count). The summed E-state index contributed by atoms with van der Waals surface area (Å²) in [6, 6.07) is 9.53. The van der Waals surface area contributed by atoms with Crippen molar-refractivity contribution in [2.24, 2.45) is 0 Å². The highest BCUT2D eigenvalue weighted by molar-refractivity contribution is 6.31. The zero-order valence-corrected chi connectivity index (χ0v) is 11.4. The Morgan fingerprint density at radius 3 is 2.42 bits per heavy atom. The van der Waals surface area contributed by atoms with Crippen LogP contribution >= 0.6 is 11.6 Å². The van der Waals surface area contributed by atoms with E-state index in [1.165, 1.54) is 0 Å². The molecule has 0 saturated carbocycles. The van der Waals surface area contributed by atoms with Gasteiger partial charge in [0.15, 0.2) is 11.5 Å². The van der Waals surface area contributed by atoms with Gasteiger partial charge in [0.25, 0.3) is 0 Å². The van der Waals surface area contributed by atoms with Crippen LogP contribution in [-0.4, -0.2) is 19.2 Å². The summed E-state index contributed by atoms with van der Waals surface area (Å²) in [6.45, 7) is 0. The van der Waals surface area contributed by atoms with Gasteiger partial charge in [-0.1, -0.05) is 11.6 Å². The van der Waals surface area contributed by atoms with Gasteiger partial charge in [0.05, 0.1) is 19.7 Å². The van der Waals surface area contributed by atoms with Crippen LogP contribution in [0.1, 0.15) is 0 Å². The van der Waals surface area contributed by atoms with Crippen molar-refractivity contribution in [1.29, 1.82) is 0 Å². The quantitative estimate of drug-likeness (QED) is 0.660. The normalized spacial score (nSPS) is 10.9. The summed E-state index contributed by atoms with van der Waals surface area (Å²) in [5, 5.41) is 3.74. The van der Waals surface area contributed by atoms with Crippen LogP contribution in [-0.2, 0) is 0 Å². The summed E-state index contributed by atoms with van der Waals surface area (Å²) in [6.07, 6.45) is 1.83. The molecule has 0 unspecified atom stereocenters. The van der Waals surface area contributed by atoms with Crippen molar-refractivity contribution in [3.8, 4) is 11.5 Å². The third-order valence-electron chi connectivity index (χ3n) is 3.15. The van der Waals surface area contributed by atoms with Gasteiger partial charge >= 0.3 is 0 Å². The van der Waals surface area contributed by atoms with Crippen molar-refractivity contribution in [3.05, 3.63) is 41.6 Å². The van der Waals surface area contributed by atoms with Gasteiger partial charge in [-0.2, -0.15) is 0 Å². The molecule has 3 nitrogen and oxygen atoms in total. The molecule has 0 bridgehead atoms. The van der Waals surface area contributed by atoms with Crippen LogP contribution in [0.25, 0.3) is 21.7 Å². The molecular weight excluding hydrogens is 262 g/mol. The Bertz CT molecular complexity index is 771. The summed E-state index contributed by atoms with van der Waals surface area (Å²) < 4.78 is 10.6. The highest BCUT2D eigenvalue weighted by Gasteiger charge is 2.09. The van der Waals surface area contributed by atoms with Gasteiger partial charge in [0.1, 0.15) is 0 Å². The van der Waals surface area contributed by atoms with Gasteiger partial charge in [-0.3, -0.25) is 4.98 Å². The Morgan fingerprint density at radius 2 is 1.68 bits per heavy atom. The molecule has 0 fully saturated rings. The summed E-state index contributed by atoms with van der Waals surface area (Å²) in [5.41, 5.74) is 0.907. The van der Waals surface area contributed by atoms with Gasteiger partial charge in [0, 0.05) is 22.0 Å². The van der Waals surface area contributed by atoms with E-state index in [0.717, 1.165) is 21.7 Å². The van der Waals surface area contributed by atoms with Crippen LogP contribution in [0.3, 0.4) is 0 Å². The second-order valence-electron chi connectivity index (χ2n) is 4.21. The maximum atomic E-state index is 6.07. The van der Waals surface area contributed by atoms with Crippen molar-refractivity contribution in [1.82, 2.24) is 4.98 Å². The fourth-order valence-corrected chi connectivity index (χ4v) is 2.38. The molecule has 4 heteroatoms. The van der Waals surface area contributed by atoms with E-state index in [9.17, 15) is 0 Å². The minimum absolute atomic E-state index is 0.691. The van der Waals surface area contributed by atoms with Crippen molar-refractivity contribution in [2.45, 2.75) is 0 Å². The highest BCUT2D eigenvalue weighted by Crippen LogP contribution is 2.35. The summed E-state index contributed by atoms with van der Waals surface area (Å²) >= 11 is 6.07. The molecule has 0 aliphatic heterocycles. The second-order valence-corrected chi connectivity index (χ2v) is 4.65.